The molecule has 35 heavy (non-hydrogen) atoms. The van der Waals surface area contributed by atoms with Gasteiger partial charge in [0, 0.05) is 29.4 Å². The molecule has 0 aliphatic carbocycles. The number of ether oxygens (including phenoxy) is 1. The van der Waals surface area contributed by atoms with Crippen LogP contribution in [-0.4, -0.2) is 40.5 Å². The zero-order valence-electron chi connectivity index (χ0n) is 19.1. The smallest absolute Gasteiger partial charge is 0.337 e. The maximum Gasteiger partial charge on any atom is 0.337 e. The molecule has 0 atom stereocenters. The summed E-state index contributed by atoms with van der Waals surface area (Å²) in [6.45, 7) is 4.26. The molecule has 1 aliphatic heterocycles. The summed E-state index contributed by atoms with van der Waals surface area (Å²) in [4.78, 5) is 15.1. The summed E-state index contributed by atoms with van der Waals surface area (Å²) in [5.74, 6) is -2.11. The van der Waals surface area contributed by atoms with E-state index >= 15 is 4.39 Å². The monoisotopic (exact) mass is 498 g/mol. The van der Waals surface area contributed by atoms with Gasteiger partial charge in [0.15, 0.2) is 17.4 Å². The normalized spacial score (nSPS) is 14.8. The summed E-state index contributed by atoms with van der Waals surface area (Å²) in [5.41, 5.74) is 1.49. The molecule has 0 fully saturated rings. The van der Waals surface area contributed by atoms with Crippen LogP contribution in [0.3, 0.4) is 0 Å². The highest BCUT2D eigenvalue weighted by Gasteiger charge is 2.41. The van der Waals surface area contributed by atoms with Crippen LogP contribution in [0.5, 0.6) is 5.75 Å². The van der Waals surface area contributed by atoms with Crippen molar-refractivity contribution in [2.75, 3.05) is 23.5 Å². The van der Waals surface area contributed by atoms with Gasteiger partial charge in [-0.2, -0.15) is 5.10 Å². The van der Waals surface area contributed by atoms with E-state index in [0.717, 1.165) is 0 Å². The molecule has 0 saturated carbocycles. The van der Waals surface area contributed by atoms with Gasteiger partial charge in [0.25, 0.3) is 0 Å². The van der Waals surface area contributed by atoms with Crippen LogP contribution in [-0.2, 0) is 0 Å². The van der Waals surface area contributed by atoms with Crippen LogP contribution in [0.15, 0.2) is 48.7 Å². The van der Waals surface area contributed by atoms with Crippen molar-refractivity contribution in [1.82, 2.24) is 10.2 Å². The van der Waals surface area contributed by atoms with Crippen molar-refractivity contribution in [2.45, 2.75) is 19.4 Å². The Morgan fingerprint density at radius 1 is 1.17 bits per heavy atom. The van der Waals surface area contributed by atoms with Crippen molar-refractivity contribution in [3.05, 3.63) is 70.9 Å². The molecule has 0 spiro atoms. The number of nitrogens with zero attached hydrogens (tertiary/aromatic N) is 3. The van der Waals surface area contributed by atoms with Crippen molar-refractivity contribution in [1.29, 1.82) is 0 Å². The number of fused-ring (bicyclic) bond motifs is 2. The van der Waals surface area contributed by atoms with Gasteiger partial charge in [-0.3, -0.25) is 5.10 Å². The average Bonchev–Trinajstić information content (AvgIpc) is 3.27. The Bertz CT molecular complexity index is 1490. The van der Waals surface area contributed by atoms with Gasteiger partial charge in [-0.25, -0.2) is 13.6 Å². The number of methoxy groups -OCH3 is 1. The van der Waals surface area contributed by atoms with E-state index in [4.69, 9.17) is 16.3 Å². The van der Waals surface area contributed by atoms with Gasteiger partial charge in [0.1, 0.15) is 11.2 Å². The number of halogens is 3. The third-order valence-electron chi connectivity index (χ3n) is 6.18. The average molecular weight is 499 g/mol. The number of benzene rings is 3. The summed E-state index contributed by atoms with van der Waals surface area (Å²) >= 11 is 6.25. The number of carboxylic acid groups (broad SMARTS) is 1. The molecule has 4 aromatic rings. The van der Waals surface area contributed by atoms with Gasteiger partial charge in [-0.1, -0.05) is 11.6 Å². The molecular formula is C25H21ClF2N4O3. The zero-order chi connectivity index (χ0) is 25.1. The van der Waals surface area contributed by atoms with Crippen molar-refractivity contribution in [3.8, 4) is 5.75 Å². The maximum absolute atomic E-state index is 16.0. The number of aromatic amines is 1. The first kappa shape index (κ1) is 22.9. The van der Waals surface area contributed by atoms with Gasteiger partial charge in [-0.15, -0.1) is 0 Å². The number of aromatic nitrogens is 2. The van der Waals surface area contributed by atoms with E-state index in [1.54, 1.807) is 23.1 Å². The molecule has 1 aromatic heterocycles. The fourth-order valence-electron chi connectivity index (χ4n) is 4.66. The standard InChI is InChI=1S/C25H21ClF2N4O3/c1-25(2)12-31(14-4-6-16(24(33)34)17(26)9-14)23-19(8-13-11-29-30-22(13)21(23)28)32(25)15-5-7-18(27)20(10-15)35-3/h4-11H,12H2,1-3H3,(H,29,30)(H,33,34). The molecule has 0 amide bonds. The van der Waals surface area contributed by atoms with E-state index in [0.29, 0.717) is 29.0 Å². The van der Waals surface area contributed by atoms with E-state index in [2.05, 4.69) is 10.2 Å². The SMILES string of the molecule is COc1cc(N2c3cc4cn[nH]c4c(F)c3N(c3ccc(C(=O)O)c(Cl)c3)CC2(C)C)ccc1F. The Morgan fingerprint density at radius 3 is 2.60 bits per heavy atom. The topological polar surface area (TPSA) is 81.7 Å². The second-order valence-corrected chi connectivity index (χ2v) is 9.32. The number of aromatic carboxylic acids is 1. The Morgan fingerprint density at radius 2 is 1.91 bits per heavy atom. The summed E-state index contributed by atoms with van der Waals surface area (Å²) in [7, 11) is 1.39. The van der Waals surface area contributed by atoms with Crippen LogP contribution >= 0.6 is 11.6 Å². The molecule has 2 heterocycles. The highest BCUT2D eigenvalue weighted by molar-refractivity contribution is 6.33. The number of hydrogen-bond donors (Lipinski definition) is 2. The van der Waals surface area contributed by atoms with Gasteiger partial charge < -0.3 is 19.6 Å². The quantitative estimate of drug-likeness (QED) is 0.345. The van der Waals surface area contributed by atoms with E-state index in [-0.39, 0.29) is 27.5 Å². The Balaban J connectivity index is 1.77. The summed E-state index contributed by atoms with van der Waals surface area (Å²) < 4.78 is 35.4. The third-order valence-corrected chi connectivity index (χ3v) is 6.49. The van der Waals surface area contributed by atoms with Gasteiger partial charge in [-0.05, 0) is 50.2 Å². The second kappa shape index (κ2) is 8.13. The molecule has 5 rings (SSSR count). The molecule has 2 N–H and O–H groups in total. The molecule has 1 aliphatic rings. The molecule has 0 saturated heterocycles. The van der Waals surface area contributed by atoms with Crippen LogP contribution in [0.4, 0.5) is 31.5 Å². The van der Waals surface area contributed by atoms with E-state index in [9.17, 15) is 14.3 Å². The van der Waals surface area contributed by atoms with Crippen molar-refractivity contribution < 1.29 is 23.4 Å². The number of carboxylic acids is 1. The lowest BCUT2D eigenvalue weighted by Gasteiger charge is -2.50. The lowest BCUT2D eigenvalue weighted by Crippen LogP contribution is -2.53. The van der Waals surface area contributed by atoms with Crippen LogP contribution in [0, 0.1) is 11.6 Å². The number of anilines is 4. The molecule has 0 unspecified atom stereocenters. The largest absolute Gasteiger partial charge is 0.494 e. The fourth-order valence-corrected chi connectivity index (χ4v) is 4.91. The summed E-state index contributed by atoms with van der Waals surface area (Å²) in [6, 6.07) is 10.8. The minimum atomic E-state index is -1.15. The van der Waals surface area contributed by atoms with E-state index < -0.39 is 23.1 Å². The number of rotatable bonds is 4. The van der Waals surface area contributed by atoms with Crippen molar-refractivity contribution >= 4 is 51.2 Å². The molecule has 7 nitrogen and oxygen atoms in total. The van der Waals surface area contributed by atoms with Crippen LogP contribution in [0.25, 0.3) is 10.9 Å². The fraction of sp³-hybridized carbons (Fsp3) is 0.200. The van der Waals surface area contributed by atoms with Crippen LogP contribution in [0.1, 0.15) is 24.2 Å². The first-order valence-corrected chi connectivity index (χ1v) is 11.1. The Labute approximate surface area is 204 Å². The lowest BCUT2D eigenvalue weighted by atomic mass is 9.93. The predicted molar refractivity (Wildman–Crippen MR) is 131 cm³/mol. The van der Waals surface area contributed by atoms with Crippen molar-refractivity contribution in [3.63, 3.8) is 0 Å². The molecule has 3 aromatic carbocycles. The predicted octanol–water partition coefficient (Wildman–Crippen LogP) is 6.27. The van der Waals surface area contributed by atoms with Gasteiger partial charge in [0.05, 0.1) is 35.1 Å². The minimum Gasteiger partial charge on any atom is -0.494 e. The Kier molecular flexibility index (Phi) is 5.32. The number of nitrogens with one attached hydrogen (secondary N) is 1. The number of hydrogen-bond acceptors (Lipinski definition) is 5. The lowest BCUT2D eigenvalue weighted by molar-refractivity contribution is 0.0697. The van der Waals surface area contributed by atoms with Gasteiger partial charge in [0.2, 0.25) is 0 Å². The van der Waals surface area contributed by atoms with E-state index in [1.165, 1.54) is 31.5 Å². The highest BCUT2D eigenvalue weighted by atomic mass is 35.5. The highest BCUT2D eigenvalue weighted by Crippen LogP contribution is 2.50. The summed E-state index contributed by atoms with van der Waals surface area (Å²) in [5, 5.41) is 16.7. The molecule has 180 valence electrons. The van der Waals surface area contributed by atoms with Crippen LogP contribution in [0.2, 0.25) is 5.02 Å². The molecular weight excluding hydrogens is 478 g/mol. The van der Waals surface area contributed by atoms with E-state index in [1.807, 2.05) is 24.8 Å². The zero-order valence-corrected chi connectivity index (χ0v) is 19.8. The maximum atomic E-state index is 16.0. The Hall–Kier alpha value is -3.85. The van der Waals surface area contributed by atoms with Crippen LogP contribution < -0.4 is 14.5 Å². The first-order valence-electron chi connectivity index (χ1n) is 10.7. The van der Waals surface area contributed by atoms with Gasteiger partial charge >= 0.3 is 5.97 Å². The molecule has 10 heteroatoms. The van der Waals surface area contributed by atoms with Crippen molar-refractivity contribution in [2.24, 2.45) is 0 Å². The number of H-pyrrole nitrogens is 1. The minimum absolute atomic E-state index is 0.0445. The second-order valence-electron chi connectivity index (χ2n) is 8.91. The number of carbonyl (C=O) groups is 1. The summed E-state index contributed by atoms with van der Waals surface area (Å²) in [6.07, 6.45) is 1.53. The molecule has 0 radical (unpaired) electrons. The third kappa shape index (κ3) is 3.63. The molecule has 0 bridgehead atoms. The first-order chi connectivity index (χ1) is 16.6.